The van der Waals surface area contributed by atoms with E-state index in [0.29, 0.717) is 31.9 Å². The van der Waals surface area contributed by atoms with Crippen molar-refractivity contribution in [1.29, 1.82) is 0 Å². The number of nitrogens with zero attached hydrogens (tertiary/aromatic N) is 2. The Hall–Kier alpha value is -2.78. The molecular weight excluding hydrogens is 617 g/mol. The molecule has 2 amide bonds. The monoisotopic (exact) mass is 649 g/mol. The van der Waals surface area contributed by atoms with E-state index in [1.165, 1.54) is 17.0 Å². The van der Waals surface area contributed by atoms with Gasteiger partial charge in [-0.2, -0.15) is 0 Å². The Labute approximate surface area is 262 Å². The second kappa shape index (κ2) is 13.7. The summed E-state index contributed by atoms with van der Waals surface area (Å²) in [5, 5.41) is 4.15. The van der Waals surface area contributed by atoms with Crippen LogP contribution < -0.4 is 9.62 Å². The minimum Gasteiger partial charge on any atom is -0.352 e. The maximum atomic E-state index is 14.2. The van der Waals surface area contributed by atoms with Gasteiger partial charge < -0.3 is 10.2 Å². The topological polar surface area (TPSA) is 86.8 Å². The van der Waals surface area contributed by atoms with E-state index in [-0.39, 0.29) is 23.4 Å². The van der Waals surface area contributed by atoms with Crippen LogP contribution in [0, 0.1) is 13.8 Å². The van der Waals surface area contributed by atoms with Gasteiger partial charge in [0.1, 0.15) is 12.6 Å². The summed E-state index contributed by atoms with van der Waals surface area (Å²) in [5.74, 6) is -0.917. The maximum Gasteiger partial charge on any atom is 0.264 e. The van der Waals surface area contributed by atoms with Crippen molar-refractivity contribution in [3.63, 3.8) is 0 Å². The zero-order chi connectivity index (χ0) is 30.6. The fourth-order valence-electron chi connectivity index (χ4n) is 5.08. The van der Waals surface area contributed by atoms with E-state index in [4.69, 9.17) is 34.8 Å². The molecule has 0 heterocycles. The van der Waals surface area contributed by atoms with Crippen molar-refractivity contribution in [2.45, 2.75) is 70.0 Å². The Morgan fingerprint density at radius 2 is 1.57 bits per heavy atom. The Bertz CT molecular complexity index is 1540. The third kappa shape index (κ3) is 7.40. The van der Waals surface area contributed by atoms with Crippen molar-refractivity contribution >= 4 is 62.3 Å². The van der Waals surface area contributed by atoms with Crippen LogP contribution in [-0.4, -0.2) is 43.8 Å². The predicted octanol–water partition coefficient (Wildman–Crippen LogP) is 6.94. The van der Waals surface area contributed by atoms with Crippen molar-refractivity contribution in [1.82, 2.24) is 10.2 Å². The number of carbonyl (C=O) groups excluding carboxylic acids is 2. The molecular formula is C31H34Cl3N3O4S. The molecule has 3 aromatic carbocycles. The molecule has 1 aliphatic rings. The first-order valence-electron chi connectivity index (χ1n) is 13.8. The summed E-state index contributed by atoms with van der Waals surface area (Å²) in [6.45, 7) is 4.55. The fraction of sp³-hybridized carbons (Fsp3) is 0.355. The van der Waals surface area contributed by atoms with Crippen LogP contribution in [0.15, 0.2) is 65.6 Å². The molecule has 4 rings (SSSR count). The van der Waals surface area contributed by atoms with E-state index >= 15 is 0 Å². The zero-order valence-corrected chi connectivity index (χ0v) is 26.8. The highest BCUT2D eigenvalue weighted by Gasteiger charge is 2.34. The fourth-order valence-corrected chi connectivity index (χ4v) is 7.30. The van der Waals surface area contributed by atoms with Crippen molar-refractivity contribution in [3.8, 4) is 0 Å². The number of benzene rings is 3. The second-order valence-corrected chi connectivity index (χ2v) is 13.8. The Morgan fingerprint density at radius 1 is 0.952 bits per heavy atom. The Balaban J connectivity index is 1.74. The van der Waals surface area contributed by atoms with Crippen LogP contribution in [0.5, 0.6) is 0 Å². The van der Waals surface area contributed by atoms with Gasteiger partial charge in [-0.3, -0.25) is 13.9 Å². The van der Waals surface area contributed by atoms with E-state index in [2.05, 4.69) is 5.32 Å². The van der Waals surface area contributed by atoms with Crippen LogP contribution in [0.2, 0.25) is 15.1 Å². The van der Waals surface area contributed by atoms with Gasteiger partial charge in [0.2, 0.25) is 11.8 Å². The number of rotatable bonds is 10. The number of aryl methyl sites for hydroxylation is 2. The molecule has 0 aromatic heterocycles. The van der Waals surface area contributed by atoms with Crippen LogP contribution >= 0.6 is 34.8 Å². The molecule has 42 heavy (non-hydrogen) atoms. The number of sulfonamides is 1. The van der Waals surface area contributed by atoms with Crippen LogP contribution in [0.4, 0.5) is 5.69 Å². The SMILES string of the molecule is Cc1ccc(S(=O)(=O)N(CC(=O)N(Cc2c(Cl)cccc2Cl)[C@@H](C)C(=O)NC2CCCC2)c2ccc(Cl)cc2C)cc1. The van der Waals surface area contributed by atoms with Gasteiger partial charge in [-0.05, 0) is 81.6 Å². The zero-order valence-electron chi connectivity index (χ0n) is 23.7. The molecule has 0 saturated heterocycles. The average molecular weight is 651 g/mol. The van der Waals surface area contributed by atoms with Crippen LogP contribution in [0.1, 0.15) is 49.3 Å². The first-order chi connectivity index (χ1) is 19.9. The predicted molar refractivity (Wildman–Crippen MR) is 169 cm³/mol. The molecule has 11 heteroatoms. The molecule has 0 bridgehead atoms. The molecule has 1 fully saturated rings. The van der Waals surface area contributed by atoms with E-state index in [0.717, 1.165) is 35.6 Å². The number of hydrogen-bond acceptors (Lipinski definition) is 4. The summed E-state index contributed by atoms with van der Waals surface area (Å²) in [5.41, 5.74) is 2.22. The minimum atomic E-state index is -4.20. The lowest BCUT2D eigenvalue weighted by molar-refractivity contribution is -0.139. The highest BCUT2D eigenvalue weighted by atomic mass is 35.5. The highest BCUT2D eigenvalue weighted by molar-refractivity contribution is 7.92. The molecule has 1 aliphatic carbocycles. The normalized spacial score (nSPS) is 14.4. The van der Waals surface area contributed by atoms with Gasteiger partial charge in [-0.1, -0.05) is 71.4 Å². The van der Waals surface area contributed by atoms with Crippen LogP contribution in [-0.2, 0) is 26.2 Å². The quantitative estimate of drug-likeness (QED) is 0.258. The Morgan fingerprint density at radius 3 is 2.17 bits per heavy atom. The summed E-state index contributed by atoms with van der Waals surface area (Å²) >= 11 is 19.1. The van der Waals surface area contributed by atoms with E-state index in [9.17, 15) is 18.0 Å². The van der Waals surface area contributed by atoms with Gasteiger partial charge in [0, 0.05) is 33.2 Å². The number of nitrogens with one attached hydrogen (secondary N) is 1. The largest absolute Gasteiger partial charge is 0.352 e. The van der Waals surface area contributed by atoms with Crippen molar-refractivity contribution in [2.75, 3.05) is 10.8 Å². The lowest BCUT2D eigenvalue weighted by Crippen LogP contribution is -2.52. The van der Waals surface area contributed by atoms with Crippen molar-refractivity contribution in [3.05, 3.63) is 92.4 Å². The van der Waals surface area contributed by atoms with Crippen molar-refractivity contribution < 1.29 is 18.0 Å². The molecule has 0 radical (unpaired) electrons. The molecule has 0 aliphatic heterocycles. The second-order valence-electron chi connectivity index (χ2n) is 10.6. The summed E-state index contributed by atoms with van der Waals surface area (Å²) in [6.07, 6.45) is 3.81. The molecule has 1 N–H and O–H groups in total. The summed E-state index contributed by atoms with van der Waals surface area (Å²) < 4.78 is 29.1. The van der Waals surface area contributed by atoms with E-state index in [1.807, 2.05) is 6.92 Å². The molecule has 1 atom stereocenters. The van der Waals surface area contributed by atoms with Gasteiger partial charge in [0.25, 0.3) is 10.0 Å². The van der Waals surface area contributed by atoms with Gasteiger partial charge >= 0.3 is 0 Å². The van der Waals surface area contributed by atoms with E-state index < -0.39 is 28.5 Å². The highest BCUT2D eigenvalue weighted by Crippen LogP contribution is 2.31. The Kier molecular flexibility index (Phi) is 10.5. The van der Waals surface area contributed by atoms with Crippen LogP contribution in [0.25, 0.3) is 0 Å². The standard InChI is InChI=1S/C31H34Cl3N3O4S/c1-20-11-14-25(15-12-20)42(40,41)37(29-16-13-23(32)17-21(29)2)19-30(38)36(18-26-27(33)9-6-10-28(26)34)22(3)31(39)35-24-7-4-5-8-24/h6,9-17,22,24H,4-5,7-8,18-19H2,1-3H3,(H,35,39)/t22-/m0/s1. The molecule has 224 valence electrons. The third-order valence-electron chi connectivity index (χ3n) is 7.57. The average Bonchev–Trinajstić information content (AvgIpc) is 3.45. The van der Waals surface area contributed by atoms with Crippen molar-refractivity contribution in [2.24, 2.45) is 0 Å². The third-order valence-corrected chi connectivity index (χ3v) is 10.3. The molecule has 0 spiro atoms. The van der Waals surface area contributed by atoms with Gasteiger partial charge in [-0.25, -0.2) is 8.42 Å². The summed E-state index contributed by atoms with van der Waals surface area (Å²) in [7, 11) is -4.20. The molecule has 1 saturated carbocycles. The molecule has 0 unspecified atom stereocenters. The van der Waals surface area contributed by atoms with E-state index in [1.54, 1.807) is 62.4 Å². The van der Waals surface area contributed by atoms with Gasteiger partial charge in [0.15, 0.2) is 0 Å². The molecule has 7 nitrogen and oxygen atoms in total. The van der Waals surface area contributed by atoms with Crippen LogP contribution in [0.3, 0.4) is 0 Å². The minimum absolute atomic E-state index is 0.0305. The number of hydrogen-bond donors (Lipinski definition) is 1. The van der Waals surface area contributed by atoms with Gasteiger partial charge in [0.05, 0.1) is 10.6 Å². The first-order valence-corrected chi connectivity index (χ1v) is 16.3. The number of carbonyl (C=O) groups is 2. The summed E-state index contributed by atoms with van der Waals surface area (Å²) in [6, 6.07) is 15.3. The lowest BCUT2D eigenvalue weighted by Gasteiger charge is -2.33. The number of amides is 2. The molecule has 3 aromatic rings. The van der Waals surface area contributed by atoms with Gasteiger partial charge in [-0.15, -0.1) is 0 Å². The maximum absolute atomic E-state index is 14.2. The number of halogens is 3. The number of anilines is 1. The smallest absolute Gasteiger partial charge is 0.264 e. The summed E-state index contributed by atoms with van der Waals surface area (Å²) in [4.78, 5) is 28.9. The first kappa shape index (κ1) is 32.1. The lowest BCUT2D eigenvalue weighted by atomic mass is 10.1.